The Balaban J connectivity index is -0.0000000506. The molecule has 13 heavy (non-hydrogen) atoms. The van der Waals surface area contributed by atoms with Crippen LogP contribution in [0.3, 0.4) is 0 Å². The standard InChI is InChI=1S/2C2H2.CH.C.4Bi.2ClH.Zr.2H/c2*1-2;;;;;;;;;;;/h2*1-2H;1H;;;;;;2*1H;;;/q;;2*-1;;;;;;;+4;;/p-2. The van der Waals surface area contributed by atoms with Crippen LogP contribution >= 0.6 is 0 Å². The van der Waals surface area contributed by atoms with Crippen LogP contribution in [0.5, 0.6) is 0 Å². The van der Waals surface area contributed by atoms with Crippen LogP contribution in [-0.4, -0.2) is 99.1 Å². The molecule has 7 heteroatoms. The molecule has 0 N–H and O–H groups in total. The molecule has 1 heterocycles. The van der Waals surface area contributed by atoms with Gasteiger partial charge in [-0.1, -0.05) is 0 Å². The number of halogens is 2. The molecule has 1 radical (unpaired) electrons. The van der Waals surface area contributed by atoms with Crippen LogP contribution in [0.2, 0.25) is 0 Å². The van der Waals surface area contributed by atoms with E-state index in [2.05, 4.69) is 16.6 Å². The van der Waals surface area contributed by atoms with Gasteiger partial charge in [0.2, 0.25) is 0 Å². The number of hydrogen-bond donors (Lipinski definition) is 0. The van der Waals surface area contributed by atoms with Gasteiger partial charge >= 0.3 is 140 Å². The molecule has 69 valence electrons. The normalized spacial score (nSPS) is 10.2. The smallest absolute Gasteiger partial charge is 1.00 e. The van der Waals surface area contributed by atoms with E-state index >= 15 is 0 Å². The van der Waals surface area contributed by atoms with Gasteiger partial charge in [0.15, 0.2) is 0 Å². The van der Waals surface area contributed by atoms with Crippen LogP contribution in [0, 0.1) is 0 Å². The molecule has 0 unspecified atom stereocenters. The van der Waals surface area contributed by atoms with Gasteiger partial charge in [-0.25, -0.2) is 0 Å². The molecular formula is C6H7Bi4Cl2Zr. The fraction of sp³-hybridized carbons (Fsp3) is 0. The number of hydrogen-bond acceptors (Lipinski definition) is 0. The zero-order valence-corrected chi connectivity index (χ0v) is 25.2. The Bertz CT molecular complexity index is 157. The van der Waals surface area contributed by atoms with E-state index in [0.717, 1.165) is 0 Å². The molecule has 0 bridgehead atoms. The summed E-state index contributed by atoms with van der Waals surface area (Å²) < 4.78 is 17.8. The summed E-state index contributed by atoms with van der Waals surface area (Å²) in [5.41, 5.74) is 0. The van der Waals surface area contributed by atoms with Crippen LogP contribution in [-0.2, 0) is 26.2 Å². The average Bonchev–Trinajstić information content (AvgIpc) is 2.44. The third-order valence-electron chi connectivity index (χ3n) is 0.522. The first kappa shape index (κ1) is 25.9. The Morgan fingerprint density at radius 2 is 2.15 bits per heavy atom. The van der Waals surface area contributed by atoms with Gasteiger partial charge in [-0.2, -0.15) is 0 Å². The summed E-state index contributed by atoms with van der Waals surface area (Å²) in [7, 11) is 0. The van der Waals surface area contributed by atoms with Gasteiger partial charge in [0, 0.05) is 0 Å². The largest absolute Gasteiger partial charge is 4.00 e. The van der Waals surface area contributed by atoms with Crippen molar-refractivity contribution in [2.45, 2.75) is 0 Å². The van der Waals surface area contributed by atoms with Crippen molar-refractivity contribution in [2.24, 2.45) is 0 Å². The molecule has 0 amide bonds. The first-order valence-corrected chi connectivity index (χ1v) is 16.7. The molecule has 0 fully saturated rings. The van der Waals surface area contributed by atoms with Crippen LogP contribution in [0.4, 0.5) is 0 Å². The van der Waals surface area contributed by atoms with Crippen molar-refractivity contribution in [3.05, 3.63) is 15.1 Å². The van der Waals surface area contributed by atoms with E-state index in [1.807, 2.05) is 0 Å². The monoisotopic (exact) mass is 1070 g/mol. The van der Waals surface area contributed by atoms with Crippen LogP contribution in [0.1, 0.15) is 0 Å². The first-order valence-electron chi connectivity index (χ1n) is 2.49. The zero-order valence-electron chi connectivity index (χ0n) is 6.54. The van der Waals surface area contributed by atoms with Gasteiger partial charge in [-0.15, -0.1) is 0 Å². The zero-order chi connectivity index (χ0) is 7.66. The molecule has 0 saturated heterocycles. The summed E-state index contributed by atoms with van der Waals surface area (Å²) in [5, 5.41) is 0. The summed E-state index contributed by atoms with van der Waals surface area (Å²) in [6.07, 6.45) is 0. The van der Waals surface area contributed by atoms with E-state index in [1.54, 1.807) is 0 Å². The maximum absolute atomic E-state index is 5.26. The molecule has 0 saturated carbocycles. The molecule has 0 aromatic carbocycles. The second-order valence-electron chi connectivity index (χ2n) is 1.17. The molecule has 0 nitrogen and oxygen atoms in total. The molecule has 0 aliphatic carbocycles. The third kappa shape index (κ3) is 26.1. The third-order valence-corrected chi connectivity index (χ3v) is 23.6. The van der Waals surface area contributed by atoms with Crippen molar-refractivity contribution in [1.29, 1.82) is 0 Å². The topological polar surface area (TPSA) is 0 Å². The fourth-order valence-corrected chi connectivity index (χ4v) is 17.7. The number of rotatable bonds is 1. The SMILES string of the molecule is [C-]1=[Bi][CH]=[CH][BiH]1.[CH-]=[Bi][CH]=[CH][BiH].[Cl-].[Cl-].[Zr+4]. The summed E-state index contributed by atoms with van der Waals surface area (Å²) in [6.45, 7) is 0. The van der Waals surface area contributed by atoms with Gasteiger partial charge in [0.25, 0.3) is 0 Å². The summed E-state index contributed by atoms with van der Waals surface area (Å²) >= 11 is 0.395. The Morgan fingerprint density at radius 1 is 1.54 bits per heavy atom. The second kappa shape index (κ2) is 25.2. The van der Waals surface area contributed by atoms with Gasteiger partial charge in [-0.3, -0.25) is 0 Å². The van der Waals surface area contributed by atoms with E-state index in [9.17, 15) is 0 Å². The maximum Gasteiger partial charge on any atom is 4.00 e. The predicted octanol–water partition coefficient (Wildman–Crippen LogP) is -7.37. The van der Waals surface area contributed by atoms with Crippen molar-refractivity contribution < 1.29 is 51.0 Å². The minimum Gasteiger partial charge on any atom is -1.00 e. The van der Waals surface area contributed by atoms with Crippen molar-refractivity contribution in [2.75, 3.05) is 0 Å². The van der Waals surface area contributed by atoms with Gasteiger partial charge in [0.05, 0.1) is 0 Å². The molecule has 0 aromatic rings. The molecule has 1 aliphatic rings. The molecule has 0 aromatic heterocycles. The van der Waals surface area contributed by atoms with E-state index in [1.165, 1.54) is 24.7 Å². The summed E-state index contributed by atoms with van der Waals surface area (Å²) in [6, 6.07) is 0. The van der Waals surface area contributed by atoms with Crippen molar-refractivity contribution in [3.63, 3.8) is 0 Å². The fourth-order valence-electron chi connectivity index (χ4n) is 0.229. The minimum absolute atomic E-state index is 0. The Hall–Kier alpha value is 4.22. The van der Waals surface area contributed by atoms with E-state index < -0.39 is 22.8 Å². The molecule has 1 rings (SSSR count). The predicted molar refractivity (Wildman–Crippen MR) is 55.2 cm³/mol. The Morgan fingerprint density at radius 3 is 2.23 bits per heavy atom. The molecular weight excluding hydrogens is 1070 g/mol. The van der Waals surface area contributed by atoms with Crippen LogP contribution in [0.15, 0.2) is 15.1 Å². The van der Waals surface area contributed by atoms with Gasteiger partial charge < -0.3 is 24.8 Å². The van der Waals surface area contributed by atoms with Crippen molar-refractivity contribution >= 4 is 99.1 Å². The molecule has 1 aliphatic heterocycles. The maximum atomic E-state index is 5.26. The van der Waals surface area contributed by atoms with E-state index in [4.69, 9.17) is 4.21 Å². The Kier molecular flexibility index (Phi) is 50.2. The molecule has 0 spiro atoms. The van der Waals surface area contributed by atoms with Crippen LogP contribution in [0.25, 0.3) is 0 Å². The Labute approximate surface area is 161 Å². The summed E-state index contributed by atoms with van der Waals surface area (Å²) in [4.78, 5) is 0. The first-order chi connectivity index (χ1) is 4.91. The van der Waals surface area contributed by atoms with Crippen molar-refractivity contribution in [3.8, 4) is 0 Å². The van der Waals surface area contributed by atoms with Crippen LogP contribution < -0.4 is 24.8 Å². The van der Waals surface area contributed by atoms with Gasteiger partial charge in [0.1, 0.15) is 0 Å². The van der Waals surface area contributed by atoms with Gasteiger partial charge in [-0.05, 0) is 0 Å². The second-order valence-corrected chi connectivity index (χ2v) is 17.9. The van der Waals surface area contributed by atoms with Crippen molar-refractivity contribution in [1.82, 2.24) is 0 Å². The van der Waals surface area contributed by atoms with E-state index in [0.29, 0.717) is 0 Å². The summed E-state index contributed by atoms with van der Waals surface area (Å²) in [5.74, 6) is 0. The minimum atomic E-state index is -0.511. The average molecular weight is 1080 g/mol. The molecule has 0 atom stereocenters. The van der Waals surface area contributed by atoms with E-state index in [-0.39, 0.29) is 97.0 Å². The quantitative estimate of drug-likeness (QED) is 0.181.